The van der Waals surface area contributed by atoms with Gasteiger partial charge in [-0.2, -0.15) is 0 Å². The number of likely N-dealkylation sites (N-methyl/N-ethyl adjacent to an activating group) is 1. The number of amides is 1. The van der Waals surface area contributed by atoms with E-state index in [2.05, 4.69) is 18.7 Å². The Bertz CT molecular complexity index is 990. The normalized spacial score (nSPS) is 18.0. The number of carbonyl (C=O) groups is 2. The van der Waals surface area contributed by atoms with Crippen molar-refractivity contribution in [3.8, 4) is 5.75 Å². The van der Waals surface area contributed by atoms with Crippen LogP contribution in [-0.2, 0) is 9.59 Å². The van der Waals surface area contributed by atoms with Crippen LogP contribution in [0.2, 0.25) is 0 Å². The van der Waals surface area contributed by atoms with Crippen LogP contribution in [0.15, 0.2) is 46.4 Å². The lowest BCUT2D eigenvalue weighted by Crippen LogP contribution is -2.37. The number of hydrogen-bond acceptors (Lipinski definition) is 6. The van der Waals surface area contributed by atoms with Crippen LogP contribution in [0.1, 0.15) is 50.3 Å². The Morgan fingerprint density at radius 2 is 1.91 bits per heavy atom. The third-order valence-corrected chi connectivity index (χ3v) is 5.70. The van der Waals surface area contributed by atoms with Crippen LogP contribution in [0.25, 0.3) is 5.76 Å². The van der Waals surface area contributed by atoms with Crippen molar-refractivity contribution < 1.29 is 23.8 Å². The van der Waals surface area contributed by atoms with E-state index in [0.29, 0.717) is 42.5 Å². The molecule has 0 radical (unpaired) electrons. The fourth-order valence-electron chi connectivity index (χ4n) is 3.90. The highest BCUT2D eigenvalue weighted by molar-refractivity contribution is 6.46. The van der Waals surface area contributed by atoms with Gasteiger partial charge in [-0.25, -0.2) is 0 Å². The maximum absolute atomic E-state index is 13.1. The summed E-state index contributed by atoms with van der Waals surface area (Å²) >= 11 is 0. The van der Waals surface area contributed by atoms with Crippen molar-refractivity contribution >= 4 is 17.4 Å². The van der Waals surface area contributed by atoms with Gasteiger partial charge in [-0.05, 0) is 50.7 Å². The number of ether oxygens (including phenoxy) is 1. The molecule has 1 unspecified atom stereocenters. The molecule has 0 bridgehead atoms. The van der Waals surface area contributed by atoms with Crippen molar-refractivity contribution in [2.45, 2.75) is 40.2 Å². The molecule has 1 aliphatic heterocycles. The number of aryl methyl sites for hydroxylation is 1. The largest absolute Gasteiger partial charge is 0.507 e. The molecule has 1 aromatic heterocycles. The van der Waals surface area contributed by atoms with E-state index < -0.39 is 17.7 Å². The molecule has 0 spiro atoms. The quantitative estimate of drug-likeness (QED) is 0.340. The minimum atomic E-state index is -0.778. The van der Waals surface area contributed by atoms with Gasteiger partial charge in [-0.3, -0.25) is 9.59 Å². The molecule has 1 aliphatic rings. The maximum Gasteiger partial charge on any atom is 0.295 e. The molecule has 2 aromatic rings. The molecular weight excluding hydrogens is 408 g/mol. The van der Waals surface area contributed by atoms with Gasteiger partial charge in [-0.15, -0.1) is 0 Å². The lowest BCUT2D eigenvalue weighted by molar-refractivity contribution is -0.140. The summed E-state index contributed by atoms with van der Waals surface area (Å²) in [5.41, 5.74) is 0.463. The summed E-state index contributed by atoms with van der Waals surface area (Å²) < 4.78 is 11.5. The van der Waals surface area contributed by atoms with Crippen LogP contribution in [0.5, 0.6) is 5.75 Å². The lowest BCUT2D eigenvalue weighted by atomic mass is 9.99. The van der Waals surface area contributed by atoms with Crippen molar-refractivity contribution in [3.05, 3.63) is 59.1 Å². The topological polar surface area (TPSA) is 83.2 Å². The molecule has 2 heterocycles. The highest BCUT2D eigenvalue weighted by atomic mass is 16.5. The Balaban J connectivity index is 2.04. The summed E-state index contributed by atoms with van der Waals surface area (Å²) in [6, 6.07) is 9.69. The van der Waals surface area contributed by atoms with Gasteiger partial charge in [-0.1, -0.05) is 32.9 Å². The molecule has 1 amide bonds. The van der Waals surface area contributed by atoms with E-state index in [4.69, 9.17) is 9.15 Å². The molecule has 1 saturated heterocycles. The average molecular weight is 441 g/mol. The van der Waals surface area contributed by atoms with E-state index in [1.165, 1.54) is 4.90 Å². The van der Waals surface area contributed by atoms with E-state index >= 15 is 0 Å². The van der Waals surface area contributed by atoms with E-state index in [9.17, 15) is 14.7 Å². The lowest BCUT2D eigenvalue weighted by Gasteiger charge is -2.26. The van der Waals surface area contributed by atoms with Crippen LogP contribution in [0, 0.1) is 6.92 Å². The first kappa shape index (κ1) is 23.6. The zero-order chi connectivity index (χ0) is 23.3. The number of likely N-dealkylation sites (tertiary alicyclic amines) is 1. The van der Waals surface area contributed by atoms with E-state index in [1.807, 2.05) is 6.92 Å². The number of rotatable bonds is 10. The Hall–Kier alpha value is -3.06. The molecule has 1 aromatic carbocycles. The van der Waals surface area contributed by atoms with Gasteiger partial charge in [0, 0.05) is 18.7 Å². The highest BCUT2D eigenvalue weighted by Gasteiger charge is 2.47. The van der Waals surface area contributed by atoms with Crippen molar-refractivity contribution in [1.29, 1.82) is 0 Å². The van der Waals surface area contributed by atoms with Gasteiger partial charge in [0.2, 0.25) is 0 Å². The Labute approximate surface area is 189 Å². The van der Waals surface area contributed by atoms with Gasteiger partial charge in [0.1, 0.15) is 29.1 Å². The van der Waals surface area contributed by atoms with Crippen LogP contribution in [0.3, 0.4) is 0 Å². The highest BCUT2D eigenvalue weighted by Crippen LogP contribution is 2.40. The van der Waals surface area contributed by atoms with Crippen molar-refractivity contribution in [2.75, 3.05) is 32.8 Å². The fourth-order valence-corrected chi connectivity index (χ4v) is 3.90. The van der Waals surface area contributed by atoms with E-state index in [0.717, 1.165) is 19.5 Å². The number of carbonyl (C=O) groups excluding carboxylic acids is 2. The molecule has 7 heteroatoms. The summed E-state index contributed by atoms with van der Waals surface area (Å²) in [5, 5.41) is 11.2. The number of nitrogens with zero attached hydrogens (tertiary/aromatic N) is 2. The number of hydrogen-bond donors (Lipinski definition) is 1. The summed E-state index contributed by atoms with van der Waals surface area (Å²) in [5.74, 6) is 0.161. The minimum absolute atomic E-state index is 0.0385. The van der Waals surface area contributed by atoms with E-state index in [1.54, 1.807) is 43.3 Å². The standard InChI is InChI=1S/C25H32N2O5/c1-5-15-31-19-10-8-9-18(16-19)23(28)21-22(20-12-11-17(4)32-20)27(25(30)24(21)29)14-13-26(6-2)7-3/h8-12,16,22,28H,5-7,13-15H2,1-4H3/b23-21+. The second-order valence-corrected chi connectivity index (χ2v) is 7.84. The number of ketones is 1. The van der Waals surface area contributed by atoms with Crippen molar-refractivity contribution in [2.24, 2.45) is 0 Å². The number of Topliss-reactive ketones (excluding diaryl/α,β-unsaturated/α-hetero) is 1. The molecule has 0 aliphatic carbocycles. The Morgan fingerprint density at radius 3 is 2.53 bits per heavy atom. The molecule has 32 heavy (non-hydrogen) atoms. The molecular formula is C25H32N2O5. The van der Waals surface area contributed by atoms with Gasteiger partial charge >= 0.3 is 0 Å². The van der Waals surface area contributed by atoms with Gasteiger partial charge in [0.25, 0.3) is 11.7 Å². The maximum atomic E-state index is 13.1. The molecule has 0 saturated carbocycles. The van der Waals surface area contributed by atoms with Crippen LogP contribution >= 0.6 is 0 Å². The third kappa shape index (κ3) is 4.88. The van der Waals surface area contributed by atoms with Crippen LogP contribution in [-0.4, -0.2) is 59.4 Å². The molecule has 3 rings (SSSR count). The zero-order valence-electron chi connectivity index (χ0n) is 19.3. The van der Waals surface area contributed by atoms with Crippen molar-refractivity contribution in [3.63, 3.8) is 0 Å². The summed E-state index contributed by atoms with van der Waals surface area (Å²) in [7, 11) is 0. The van der Waals surface area contributed by atoms with Crippen molar-refractivity contribution in [1.82, 2.24) is 9.80 Å². The predicted molar refractivity (Wildman–Crippen MR) is 122 cm³/mol. The van der Waals surface area contributed by atoms with Crippen LogP contribution < -0.4 is 4.74 Å². The first-order valence-electron chi connectivity index (χ1n) is 11.2. The molecule has 1 N–H and O–H groups in total. The van der Waals surface area contributed by atoms with Gasteiger partial charge in [0.15, 0.2) is 0 Å². The smallest absolute Gasteiger partial charge is 0.295 e. The molecule has 1 atom stereocenters. The predicted octanol–water partition coefficient (Wildman–Crippen LogP) is 4.14. The van der Waals surface area contributed by atoms with Gasteiger partial charge in [0.05, 0.1) is 12.2 Å². The number of benzene rings is 1. The first-order valence-corrected chi connectivity index (χ1v) is 11.2. The molecule has 172 valence electrons. The summed E-state index contributed by atoms with van der Waals surface area (Å²) in [4.78, 5) is 29.7. The third-order valence-electron chi connectivity index (χ3n) is 5.70. The Morgan fingerprint density at radius 1 is 1.16 bits per heavy atom. The SMILES string of the molecule is CCCOc1cccc(/C(O)=C2\C(=O)C(=O)N(CCN(CC)CC)C2c2ccc(C)o2)c1. The zero-order valence-corrected chi connectivity index (χ0v) is 19.3. The van der Waals surface area contributed by atoms with Crippen LogP contribution in [0.4, 0.5) is 0 Å². The van der Waals surface area contributed by atoms with Gasteiger partial charge < -0.3 is 24.1 Å². The minimum Gasteiger partial charge on any atom is -0.507 e. The number of aliphatic hydroxyl groups excluding tert-OH is 1. The monoisotopic (exact) mass is 440 g/mol. The number of furan rings is 1. The summed E-state index contributed by atoms with van der Waals surface area (Å²) in [6.45, 7) is 11.1. The summed E-state index contributed by atoms with van der Waals surface area (Å²) in [6.07, 6.45) is 0.853. The fraction of sp³-hybridized carbons (Fsp3) is 0.440. The number of aliphatic hydroxyl groups is 1. The average Bonchev–Trinajstić information content (AvgIpc) is 3.34. The second-order valence-electron chi connectivity index (χ2n) is 7.84. The second kappa shape index (κ2) is 10.5. The molecule has 1 fully saturated rings. The van der Waals surface area contributed by atoms with E-state index in [-0.39, 0.29) is 11.3 Å². The Kier molecular flexibility index (Phi) is 7.75. The molecule has 7 nitrogen and oxygen atoms in total. The first-order chi connectivity index (χ1) is 15.4.